The summed E-state index contributed by atoms with van der Waals surface area (Å²) in [6.07, 6.45) is 1.89. The maximum atomic E-state index is 5.67. The molecular formula is C18H21N5O2. The van der Waals surface area contributed by atoms with Crippen molar-refractivity contribution in [2.75, 3.05) is 19.8 Å². The minimum absolute atomic E-state index is 0.0481. The van der Waals surface area contributed by atoms with E-state index in [0.717, 1.165) is 18.7 Å². The fourth-order valence-electron chi connectivity index (χ4n) is 3.12. The molecule has 7 nitrogen and oxygen atoms in total. The van der Waals surface area contributed by atoms with Gasteiger partial charge in [-0.25, -0.2) is 0 Å². The lowest BCUT2D eigenvalue weighted by Crippen LogP contribution is -2.39. The highest BCUT2D eigenvalue weighted by Gasteiger charge is 2.30. The Hall–Kier alpha value is -2.51. The predicted octanol–water partition coefficient (Wildman–Crippen LogP) is 2.35. The number of aromatic nitrogens is 4. The zero-order chi connectivity index (χ0) is 17.2. The van der Waals surface area contributed by atoms with Crippen LogP contribution < -0.4 is 0 Å². The molecule has 130 valence electrons. The van der Waals surface area contributed by atoms with Gasteiger partial charge >= 0.3 is 0 Å². The first-order valence-electron chi connectivity index (χ1n) is 8.40. The van der Waals surface area contributed by atoms with E-state index in [2.05, 4.69) is 27.1 Å². The standard InChI is InChI=1S/C18H21N5O2/c1-13-10-19-22(2)15(13)11-23-8-9-24-12-16(23)18-20-17(21-25-18)14-6-4-3-5-7-14/h3-7,10,16H,8-9,11-12H2,1-2H3. The molecule has 0 spiro atoms. The first-order chi connectivity index (χ1) is 12.2. The molecule has 0 amide bonds. The van der Waals surface area contributed by atoms with Gasteiger partial charge in [0.1, 0.15) is 6.04 Å². The zero-order valence-corrected chi connectivity index (χ0v) is 14.4. The second kappa shape index (κ2) is 6.78. The molecule has 1 aromatic carbocycles. The lowest BCUT2D eigenvalue weighted by molar-refractivity contribution is -0.0251. The zero-order valence-electron chi connectivity index (χ0n) is 14.4. The molecule has 1 unspecified atom stereocenters. The molecule has 25 heavy (non-hydrogen) atoms. The highest BCUT2D eigenvalue weighted by Crippen LogP contribution is 2.27. The predicted molar refractivity (Wildman–Crippen MR) is 91.6 cm³/mol. The summed E-state index contributed by atoms with van der Waals surface area (Å²) in [7, 11) is 1.97. The fourth-order valence-corrected chi connectivity index (χ4v) is 3.12. The molecule has 3 heterocycles. The Morgan fingerprint density at radius 2 is 2.08 bits per heavy atom. The Morgan fingerprint density at radius 3 is 2.84 bits per heavy atom. The summed E-state index contributed by atoms with van der Waals surface area (Å²) in [4.78, 5) is 6.92. The van der Waals surface area contributed by atoms with Crippen LogP contribution in [0.1, 0.15) is 23.2 Å². The van der Waals surface area contributed by atoms with Gasteiger partial charge < -0.3 is 9.26 Å². The highest BCUT2D eigenvalue weighted by molar-refractivity contribution is 5.53. The molecule has 3 aromatic rings. The molecule has 0 N–H and O–H groups in total. The Balaban J connectivity index is 1.58. The maximum Gasteiger partial charge on any atom is 0.246 e. The minimum Gasteiger partial charge on any atom is -0.378 e. The molecule has 7 heteroatoms. The van der Waals surface area contributed by atoms with Gasteiger partial charge in [0.25, 0.3) is 0 Å². The number of nitrogens with zero attached hydrogens (tertiary/aromatic N) is 5. The van der Waals surface area contributed by atoms with Crippen LogP contribution in [0.25, 0.3) is 11.4 Å². The van der Waals surface area contributed by atoms with E-state index >= 15 is 0 Å². The van der Waals surface area contributed by atoms with Crippen LogP contribution in [0.5, 0.6) is 0 Å². The van der Waals surface area contributed by atoms with Gasteiger partial charge in [-0.2, -0.15) is 10.1 Å². The lowest BCUT2D eigenvalue weighted by atomic mass is 10.2. The summed E-state index contributed by atoms with van der Waals surface area (Å²) in [6, 6.07) is 9.80. The van der Waals surface area contributed by atoms with E-state index in [9.17, 15) is 0 Å². The molecular weight excluding hydrogens is 318 g/mol. The maximum absolute atomic E-state index is 5.67. The number of morpholine rings is 1. The van der Waals surface area contributed by atoms with Gasteiger partial charge in [0.2, 0.25) is 11.7 Å². The van der Waals surface area contributed by atoms with Crippen LogP contribution in [-0.2, 0) is 18.3 Å². The molecule has 0 saturated carbocycles. The summed E-state index contributed by atoms with van der Waals surface area (Å²) in [5.41, 5.74) is 3.32. The average molecular weight is 339 g/mol. The molecule has 0 aliphatic carbocycles. The van der Waals surface area contributed by atoms with Crippen molar-refractivity contribution in [1.29, 1.82) is 0 Å². The third-order valence-corrected chi connectivity index (χ3v) is 4.62. The van der Waals surface area contributed by atoms with Crippen molar-refractivity contribution in [2.24, 2.45) is 7.05 Å². The first kappa shape index (κ1) is 16.0. The molecule has 0 bridgehead atoms. The molecule has 2 aromatic heterocycles. The van der Waals surface area contributed by atoms with Gasteiger partial charge in [0.05, 0.1) is 25.1 Å². The van der Waals surface area contributed by atoms with Gasteiger partial charge in [0, 0.05) is 25.7 Å². The van der Waals surface area contributed by atoms with E-state index in [1.165, 1.54) is 11.3 Å². The molecule has 1 saturated heterocycles. The van der Waals surface area contributed by atoms with Gasteiger partial charge in [-0.15, -0.1) is 0 Å². The molecule has 1 fully saturated rings. The largest absolute Gasteiger partial charge is 0.378 e. The minimum atomic E-state index is -0.0481. The van der Waals surface area contributed by atoms with Crippen molar-refractivity contribution < 1.29 is 9.26 Å². The highest BCUT2D eigenvalue weighted by atomic mass is 16.5. The third kappa shape index (κ3) is 3.20. The van der Waals surface area contributed by atoms with Crippen LogP contribution in [0.15, 0.2) is 41.1 Å². The quantitative estimate of drug-likeness (QED) is 0.727. The summed E-state index contributed by atoms with van der Waals surface area (Å²) in [5, 5.41) is 8.47. The number of hydrogen-bond acceptors (Lipinski definition) is 6. The lowest BCUT2D eigenvalue weighted by Gasteiger charge is -2.33. The molecule has 4 rings (SSSR count). The average Bonchev–Trinajstić information content (AvgIpc) is 3.26. The summed E-state index contributed by atoms with van der Waals surface area (Å²) in [6.45, 7) is 4.93. The number of rotatable bonds is 4. The Labute approximate surface area is 146 Å². The topological polar surface area (TPSA) is 69.2 Å². The number of ether oxygens (including phenoxy) is 1. The monoisotopic (exact) mass is 339 g/mol. The van der Waals surface area contributed by atoms with E-state index in [1.54, 1.807) is 0 Å². The summed E-state index contributed by atoms with van der Waals surface area (Å²) < 4.78 is 13.2. The van der Waals surface area contributed by atoms with Crippen LogP contribution in [0.4, 0.5) is 0 Å². The normalized spacial score (nSPS) is 18.6. The van der Waals surface area contributed by atoms with Gasteiger partial charge in [-0.1, -0.05) is 35.5 Å². The van der Waals surface area contributed by atoms with Gasteiger partial charge in [-0.05, 0) is 12.5 Å². The van der Waals surface area contributed by atoms with Crippen molar-refractivity contribution in [3.63, 3.8) is 0 Å². The summed E-state index contributed by atoms with van der Waals surface area (Å²) >= 11 is 0. The Morgan fingerprint density at radius 1 is 1.24 bits per heavy atom. The third-order valence-electron chi connectivity index (χ3n) is 4.62. The van der Waals surface area contributed by atoms with Gasteiger partial charge in [-0.3, -0.25) is 9.58 Å². The molecule has 1 atom stereocenters. The first-order valence-corrected chi connectivity index (χ1v) is 8.40. The van der Waals surface area contributed by atoms with Crippen LogP contribution in [0.2, 0.25) is 0 Å². The second-order valence-electron chi connectivity index (χ2n) is 6.28. The van der Waals surface area contributed by atoms with E-state index in [1.807, 2.05) is 48.3 Å². The Bertz CT molecular complexity index is 823. The fraction of sp³-hybridized carbons (Fsp3) is 0.389. The van der Waals surface area contributed by atoms with E-state index in [-0.39, 0.29) is 6.04 Å². The number of benzene rings is 1. The van der Waals surface area contributed by atoms with Crippen molar-refractivity contribution in [2.45, 2.75) is 19.5 Å². The molecule has 1 aliphatic rings. The number of hydrogen-bond donors (Lipinski definition) is 0. The summed E-state index contributed by atoms with van der Waals surface area (Å²) in [5.74, 6) is 1.20. The van der Waals surface area contributed by atoms with Crippen molar-refractivity contribution >= 4 is 0 Å². The van der Waals surface area contributed by atoms with Crippen molar-refractivity contribution in [3.05, 3.63) is 53.7 Å². The smallest absolute Gasteiger partial charge is 0.246 e. The molecule has 1 aliphatic heterocycles. The van der Waals surface area contributed by atoms with Crippen LogP contribution >= 0.6 is 0 Å². The number of aryl methyl sites for hydroxylation is 2. The van der Waals surface area contributed by atoms with E-state index in [0.29, 0.717) is 24.9 Å². The van der Waals surface area contributed by atoms with Crippen LogP contribution in [0, 0.1) is 6.92 Å². The van der Waals surface area contributed by atoms with Crippen molar-refractivity contribution in [1.82, 2.24) is 24.8 Å². The van der Waals surface area contributed by atoms with Crippen LogP contribution in [0.3, 0.4) is 0 Å². The molecule has 0 radical (unpaired) electrons. The Kier molecular flexibility index (Phi) is 4.33. The van der Waals surface area contributed by atoms with Crippen molar-refractivity contribution in [3.8, 4) is 11.4 Å². The van der Waals surface area contributed by atoms with E-state index in [4.69, 9.17) is 9.26 Å². The van der Waals surface area contributed by atoms with Gasteiger partial charge in [0.15, 0.2) is 0 Å². The van der Waals surface area contributed by atoms with Crippen LogP contribution in [-0.4, -0.2) is 44.6 Å². The second-order valence-corrected chi connectivity index (χ2v) is 6.28. The van der Waals surface area contributed by atoms with E-state index < -0.39 is 0 Å². The SMILES string of the molecule is Cc1cnn(C)c1CN1CCOCC1c1nc(-c2ccccc2)no1.